The van der Waals surface area contributed by atoms with Crippen LogP contribution in [0.3, 0.4) is 0 Å². The molecule has 2 aromatic carbocycles. The summed E-state index contributed by atoms with van der Waals surface area (Å²) in [5.74, 6) is -1.43. The zero-order valence-electron chi connectivity index (χ0n) is 31.5. The molecule has 6 heterocycles. The number of hydrogen-bond donors (Lipinski definition) is 5. The SMILES string of the molecule is COC(=O)N[C@@H](C(=O)N1CCC[C@H]1C(=O)Nc1cc2sc(-c3cc4sc(NC(=O)[C@@H]5CCCN5C(=O)[C@H](NC(=O)O)c5ccccc5)cc4s3)cc2s1)c1ccccc1. The van der Waals surface area contributed by atoms with Crippen LogP contribution in [0.25, 0.3) is 28.6 Å². The molecule has 6 aromatic rings. The number of hydrogen-bond acceptors (Lipinski definition) is 11. The van der Waals surface area contributed by atoms with Crippen molar-refractivity contribution in [3.05, 3.63) is 96.1 Å². The van der Waals surface area contributed by atoms with Crippen LogP contribution in [-0.2, 0) is 23.9 Å². The second-order valence-corrected chi connectivity index (χ2v) is 18.4. The lowest BCUT2D eigenvalue weighted by Crippen LogP contribution is -2.48. The lowest BCUT2D eigenvalue weighted by molar-refractivity contribution is -0.138. The zero-order valence-corrected chi connectivity index (χ0v) is 34.7. The Morgan fingerprint density at radius 2 is 1.05 bits per heavy atom. The molecule has 59 heavy (non-hydrogen) atoms. The van der Waals surface area contributed by atoms with Crippen LogP contribution in [0.4, 0.5) is 19.6 Å². The van der Waals surface area contributed by atoms with Crippen LogP contribution in [0.5, 0.6) is 0 Å². The fourth-order valence-corrected chi connectivity index (χ4v) is 12.2. The number of ether oxygens (including phenoxy) is 1. The molecule has 0 spiro atoms. The molecule has 2 aliphatic rings. The molecule has 4 aromatic heterocycles. The lowest BCUT2D eigenvalue weighted by Gasteiger charge is -2.28. The molecule has 2 saturated heterocycles. The van der Waals surface area contributed by atoms with Crippen LogP contribution in [0, 0.1) is 0 Å². The van der Waals surface area contributed by atoms with Crippen LogP contribution in [0.15, 0.2) is 84.9 Å². The molecule has 5 N–H and O–H groups in total. The van der Waals surface area contributed by atoms with E-state index in [0.29, 0.717) is 59.9 Å². The van der Waals surface area contributed by atoms with E-state index in [0.717, 1.165) is 28.6 Å². The minimum absolute atomic E-state index is 0.282. The van der Waals surface area contributed by atoms with Gasteiger partial charge in [-0.2, -0.15) is 0 Å². The lowest BCUT2D eigenvalue weighted by atomic mass is 10.0. The molecule has 4 atom stereocenters. The Labute approximate surface area is 353 Å². The number of carboxylic acid groups (broad SMARTS) is 1. The number of anilines is 2. The first kappa shape index (κ1) is 40.0. The first-order chi connectivity index (χ1) is 28.6. The summed E-state index contributed by atoms with van der Waals surface area (Å²) in [6.07, 6.45) is 0.193. The quantitative estimate of drug-likeness (QED) is 0.0871. The van der Waals surface area contributed by atoms with Gasteiger partial charge < -0.3 is 40.9 Å². The number of nitrogens with one attached hydrogen (secondary N) is 4. The Kier molecular flexibility index (Phi) is 11.6. The highest BCUT2D eigenvalue weighted by molar-refractivity contribution is 7.35. The number of thiophene rings is 4. The predicted molar refractivity (Wildman–Crippen MR) is 230 cm³/mol. The smallest absolute Gasteiger partial charge is 0.407 e. The van der Waals surface area contributed by atoms with Gasteiger partial charge in [0.1, 0.15) is 24.2 Å². The van der Waals surface area contributed by atoms with Crippen LogP contribution in [0.1, 0.15) is 48.9 Å². The molecular weight excluding hydrogens is 833 g/mol. The zero-order chi connectivity index (χ0) is 41.2. The van der Waals surface area contributed by atoms with Crippen molar-refractivity contribution in [1.82, 2.24) is 20.4 Å². The van der Waals surface area contributed by atoms with Gasteiger partial charge in [0.2, 0.25) is 11.8 Å². The van der Waals surface area contributed by atoms with E-state index in [-0.39, 0.29) is 17.7 Å². The number of rotatable bonds is 11. The Bertz CT molecular complexity index is 2490. The standard InChI is InChI=1S/C41H38N6O8S4/c1-55-41(54)45-35(23-12-6-3-7-13-23)39(51)47-17-9-15-25(47)37(49)43-33-21-31-29(59-33)19-27(57-31)26-18-28-30(56-26)20-32(58-28)42-36(48)24-14-8-16-46(24)38(50)34(44-40(52)53)22-10-4-2-5-11-22/h2-7,10-13,18-21,24-25,34-35,44H,8-9,14-17H2,1H3,(H,42,48)(H,43,49)(H,45,54)(H,52,53)/t24-,25-,34+,35+/m0/s1. The first-order valence-electron chi connectivity index (χ1n) is 18.8. The van der Waals surface area contributed by atoms with Crippen molar-refractivity contribution in [1.29, 1.82) is 0 Å². The second kappa shape index (κ2) is 17.2. The number of methoxy groups -OCH3 is 1. The van der Waals surface area contributed by atoms with Crippen LogP contribution < -0.4 is 21.3 Å². The third-order valence-electron chi connectivity index (χ3n) is 10.3. The van der Waals surface area contributed by atoms with E-state index < -0.39 is 42.3 Å². The number of benzene rings is 2. The molecule has 6 amide bonds. The topological polar surface area (TPSA) is 186 Å². The molecule has 14 nitrogen and oxygen atoms in total. The summed E-state index contributed by atoms with van der Waals surface area (Å²) in [6.45, 7) is 0.742. The maximum atomic E-state index is 13.8. The number of fused-ring (bicyclic) bond motifs is 2. The van der Waals surface area contributed by atoms with Gasteiger partial charge in [-0.1, -0.05) is 60.7 Å². The van der Waals surface area contributed by atoms with Crippen molar-refractivity contribution >= 4 is 110 Å². The summed E-state index contributed by atoms with van der Waals surface area (Å²) < 4.78 is 8.81. The van der Waals surface area contributed by atoms with Crippen molar-refractivity contribution in [2.75, 3.05) is 30.8 Å². The Morgan fingerprint density at radius 1 is 0.627 bits per heavy atom. The van der Waals surface area contributed by atoms with Crippen molar-refractivity contribution in [2.45, 2.75) is 49.9 Å². The van der Waals surface area contributed by atoms with E-state index in [1.54, 1.807) is 77.3 Å². The van der Waals surface area contributed by atoms with Gasteiger partial charge in [0.25, 0.3) is 11.8 Å². The van der Waals surface area contributed by atoms with Gasteiger partial charge in [0, 0.05) is 41.6 Å². The molecule has 0 aliphatic carbocycles. The molecule has 0 bridgehead atoms. The summed E-state index contributed by atoms with van der Waals surface area (Å²) in [6, 6.07) is 22.0. The van der Waals surface area contributed by atoms with Gasteiger partial charge in [-0.05, 0) is 61.1 Å². The summed E-state index contributed by atoms with van der Waals surface area (Å²) in [4.78, 5) is 83.3. The number of likely N-dealkylation sites (tertiary alicyclic amines) is 2. The average molecular weight is 871 g/mol. The van der Waals surface area contributed by atoms with E-state index in [1.165, 1.54) is 39.6 Å². The van der Waals surface area contributed by atoms with Crippen molar-refractivity contribution in [3.63, 3.8) is 0 Å². The fraction of sp³-hybridized carbons (Fsp3) is 0.268. The molecular formula is C41H38N6O8S4. The van der Waals surface area contributed by atoms with Gasteiger partial charge in [-0.3, -0.25) is 19.2 Å². The van der Waals surface area contributed by atoms with E-state index in [9.17, 15) is 33.9 Å². The maximum absolute atomic E-state index is 13.8. The van der Waals surface area contributed by atoms with Gasteiger partial charge >= 0.3 is 12.2 Å². The molecule has 18 heteroatoms. The van der Waals surface area contributed by atoms with Gasteiger partial charge in [0.15, 0.2) is 0 Å². The van der Waals surface area contributed by atoms with Gasteiger partial charge in [0.05, 0.1) is 17.1 Å². The highest BCUT2D eigenvalue weighted by Crippen LogP contribution is 2.46. The third-order valence-corrected chi connectivity index (χ3v) is 14.9. The molecule has 0 unspecified atom stereocenters. The highest BCUT2D eigenvalue weighted by atomic mass is 32.1. The van der Waals surface area contributed by atoms with Crippen molar-refractivity contribution < 1.29 is 38.6 Å². The number of nitrogens with zero attached hydrogens (tertiary/aromatic N) is 2. The minimum Gasteiger partial charge on any atom is -0.465 e. The van der Waals surface area contributed by atoms with Crippen LogP contribution in [-0.4, -0.2) is 83.0 Å². The number of alkyl carbamates (subject to hydrolysis) is 1. The molecule has 2 fully saturated rings. The largest absolute Gasteiger partial charge is 0.465 e. The second-order valence-electron chi connectivity index (χ2n) is 14.0. The van der Waals surface area contributed by atoms with E-state index in [1.807, 2.05) is 18.2 Å². The third kappa shape index (κ3) is 8.52. The molecule has 8 rings (SSSR count). The van der Waals surface area contributed by atoms with Gasteiger partial charge in [-0.15, -0.1) is 45.3 Å². The normalized spacial score (nSPS) is 17.4. The fourth-order valence-electron chi connectivity index (χ4n) is 7.55. The van der Waals surface area contributed by atoms with Crippen molar-refractivity contribution in [3.8, 4) is 9.75 Å². The molecule has 304 valence electrons. The Morgan fingerprint density at radius 3 is 1.46 bits per heavy atom. The van der Waals surface area contributed by atoms with E-state index in [2.05, 4.69) is 33.4 Å². The number of amides is 6. The van der Waals surface area contributed by atoms with Crippen molar-refractivity contribution in [2.24, 2.45) is 0 Å². The minimum atomic E-state index is -1.32. The van der Waals surface area contributed by atoms with E-state index in [4.69, 9.17) is 4.74 Å². The number of carbonyl (C=O) groups excluding carboxylic acids is 5. The highest BCUT2D eigenvalue weighted by Gasteiger charge is 2.40. The Hall–Kier alpha value is -5.82. The molecule has 0 saturated carbocycles. The summed E-state index contributed by atoms with van der Waals surface area (Å²) >= 11 is 6.13. The first-order valence-corrected chi connectivity index (χ1v) is 22.1. The molecule has 2 aliphatic heterocycles. The molecule has 0 radical (unpaired) electrons. The summed E-state index contributed by atoms with van der Waals surface area (Å²) in [5, 5.41) is 21.7. The maximum Gasteiger partial charge on any atom is 0.407 e. The van der Waals surface area contributed by atoms with Crippen LogP contribution >= 0.6 is 45.3 Å². The Balaban J connectivity index is 0.905. The summed E-state index contributed by atoms with van der Waals surface area (Å²) in [7, 11) is 1.23. The predicted octanol–water partition coefficient (Wildman–Crippen LogP) is 7.87. The summed E-state index contributed by atoms with van der Waals surface area (Å²) in [5.41, 5.74) is 1.10. The number of carbonyl (C=O) groups is 6. The van der Waals surface area contributed by atoms with E-state index >= 15 is 0 Å². The van der Waals surface area contributed by atoms with Gasteiger partial charge in [-0.25, -0.2) is 9.59 Å². The monoisotopic (exact) mass is 870 g/mol. The average Bonchev–Trinajstić information content (AvgIpc) is 4.09. The van der Waals surface area contributed by atoms with Crippen LogP contribution in [0.2, 0.25) is 0 Å².